The van der Waals surface area contributed by atoms with Gasteiger partial charge in [-0.3, -0.25) is 4.79 Å². The summed E-state index contributed by atoms with van der Waals surface area (Å²) in [5.41, 5.74) is 0.598. The summed E-state index contributed by atoms with van der Waals surface area (Å²) in [7, 11) is 0. The molecular formula is C10H9FN2O2S. The van der Waals surface area contributed by atoms with Gasteiger partial charge in [0.2, 0.25) is 0 Å². The number of halogens is 1. The van der Waals surface area contributed by atoms with Crippen molar-refractivity contribution in [3.8, 4) is 0 Å². The molecule has 1 aromatic heterocycles. The maximum absolute atomic E-state index is 12.9. The van der Waals surface area contributed by atoms with Gasteiger partial charge in [0.05, 0.1) is 16.8 Å². The number of hydrogen-bond acceptors (Lipinski definition) is 4. The molecule has 0 bridgehead atoms. The fourth-order valence-electron chi connectivity index (χ4n) is 1.24. The van der Waals surface area contributed by atoms with E-state index in [-0.39, 0.29) is 29.9 Å². The van der Waals surface area contributed by atoms with Crippen LogP contribution in [0.5, 0.6) is 0 Å². The molecule has 0 fully saturated rings. The molecule has 4 nitrogen and oxygen atoms in total. The fourth-order valence-corrected chi connectivity index (χ4v) is 2.15. The highest BCUT2D eigenvalue weighted by molar-refractivity contribution is 7.20. The van der Waals surface area contributed by atoms with Gasteiger partial charge in [0.15, 0.2) is 5.01 Å². The van der Waals surface area contributed by atoms with E-state index in [9.17, 15) is 9.18 Å². The summed E-state index contributed by atoms with van der Waals surface area (Å²) in [6, 6.07) is 4.18. The molecule has 0 atom stereocenters. The minimum atomic E-state index is -0.351. The fraction of sp³-hybridized carbons (Fsp3) is 0.200. The van der Waals surface area contributed by atoms with Crippen LogP contribution in [0.15, 0.2) is 18.2 Å². The number of thiazole rings is 1. The van der Waals surface area contributed by atoms with Crippen LogP contribution in [0.25, 0.3) is 10.2 Å². The van der Waals surface area contributed by atoms with Crippen molar-refractivity contribution in [2.45, 2.75) is 0 Å². The Balaban J connectivity index is 2.28. The van der Waals surface area contributed by atoms with Crippen LogP contribution in [0.4, 0.5) is 4.39 Å². The number of carbonyl (C=O) groups is 1. The Hall–Kier alpha value is -1.53. The topological polar surface area (TPSA) is 62.2 Å². The lowest BCUT2D eigenvalue weighted by atomic mass is 10.3. The highest BCUT2D eigenvalue weighted by atomic mass is 32.1. The number of fused-ring (bicyclic) bond motifs is 1. The van der Waals surface area contributed by atoms with E-state index in [0.717, 1.165) is 11.3 Å². The summed E-state index contributed by atoms with van der Waals surface area (Å²) in [6.45, 7) is 0.0639. The van der Waals surface area contributed by atoms with Gasteiger partial charge in [0.1, 0.15) is 5.82 Å². The lowest BCUT2D eigenvalue weighted by Gasteiger charge is -1.97. The highest BCUT2D eigenvalue weighted by Crippen LogP contribution is 2.22. The SMILES string of the molecule is O=C(NCCO)c1nc2ccc(F)cc2s1. The molecule has 1 aromatic carbocycles. The number of hydrogen-bond donors (Lipinski definition) is 2. The minimum Gasteiger partial charge on any atom is -0.395 e. The Kier molecular flexibility index (Phi) is 3.12. The predicted octanol–water partition coefficient (Wildman–Crippen LogP) is 1.16. The summed E-state index contributed by atoms with van der Waals surface area (Å²) in [5.74, 6) is -0.700. The minimum absolute atomic E-state index is 0.120. The molecule has 0 aliphatic carbocycles. The smallest absolute Gasteiger partial charge is 0.280 e. The Labute approximate surface area is 94.7 Å². The summed E-state index contributed by atoms with van der Waals surface area (Å²) in [6.07, 6.45) is 0. The van der Waals surface area contributed by atoms with Gasteiger partial charge < -0.3 is 10.4 Å². The number of amides is 1. The lowest BCUT2D eigenvalue weighted by Crippen LogP contribution is -2.26. The van der Waals surface area contributed by atoms with Crippen molar-refractivity contribution >= 4 is 27.5 Å². The Morgan fingerprint density at radius 1 is 1.56 bits per heavy atom. The molecule has 0 aliphatic rings. The van der Waals surface area contributed by atoms with E-state index < -0.39 is 0 Å². The van der Waals surface area contributed by atoms with E-state index in [0.29, 0.717) is 10.2 Å². The van der Waals surface area contributed by atoms with Crippen LogP contribution in [-0.2, 0) is 0 Å². The lowest BCUT2D eigenvalue weighted by molar-refractivity contribution is 0.0944. The molecule has 2 rings (SSSR count). The molecule has 0 aliphatic heterocycles. The molecule has 0 radical (unpaired) electrons. The van der Waals surface area contributed by atoms with Crippen molar-refractivity contribution in [2.75, 3.05) is 13.2 Å². The van der Waals surface area contributed by atoms with Gasteiger partial charge in [-0.1, -0.05) is 0 Å². The number of carbonyl (C=O) groups excluding carboxylic acids is 1. The van der Waals surface area contributed by atoms with Crippen LogP contribution >= 0.6 is 11.3 Å². The van der Waals surface area contributed by atoms with Crippen molar-refractivity contribution in [3.63, 3.8) is 0 Å². The number of nitrogens with zero attached hydrogens (tertiary/aromatic N) is 1. The van der Waals surface area contributed by atoms with Gasteiger partial charge >= 0.3 is 0 Å². The zero-order valence-corrected chi connectivity index (χ0v) is 9.05. The molecule has 6 heteroatoms. The van der Waals surface area contributed by atoms with Crippen molar-refractivity contribution in [3.05, 3.63) is 29.0 Å². The maximum Gasteiger partial charge on any atom is 0.280 e. The number of rotatable bonds is 3. The molecule has 1 amide bonds. The first-order chi connectivity index (χ1) is 7.70. The average Bonchev–Trinajstić information content (AvgIpc) is 2.68. The number of aromatic nitrogens is 1. The van der Waals surface area contributed by atoms with Crippen LogP contribution in [0, 0.1) is 5.82 Å². The first-order valence-electron chi connectivity index (χ1n) is 4.66. The Morgan fingerprint density at radius 2 is 2.38 bits per heavy atom. The van der Waals surface area contributed by atoms with Crippen LogP contribution in [0.1, 0.15) is 9.80 Å². The van der Waals surface area contributed by atoms with E-state index in [1.54, 1.807) is 0 Å². The third-order valence-corrected chi connectivity index (χ3v) is 2.96. The number of benzene rings is 1. The molecule has 0 saturated heterocycles. The predicted molar refractivity (Wildman–Crippen MR) is 59.0 cm³/mol. The Morgan fingerprint density at radius 3 is 3.12 bits per heavy atom. The summed E-state index contributed by atoms with van der Waals surface area (Å²) >= 11 is 1.13. The highest BCUT2D eigenvalue weighted by Gasteiger charge is 2.11. The van der Waals surface area contributed by atoms with Crippen LogP contribution in [0.2, 0.25) is 0 Å². The van der Waals surface area contributed by atoms with Crippen molar-refractivity contribution in [1.29, 1.82) is 0 Å². The normalized spacial score (nSPS) is 10.6. The standard InChI is InChI=1S/C10H9FN2O2S/c11-6-1-2-7-8(5-6)16-10(13-7)9(15)12-3-4-14/h1-2,5,14H,3-4H2,(H,12,15). The monoisotopic (exact) mass is 240 g/mol. The van der Waals surface area contributed by atoms with Crippen molar-refractivity contribution in [2.24, 2.45) is 0 Å². The molecule has 0 spiro atoms. The number of aliphatic hydroxyl groups excluding tert-OH is 1. The zero-order chi connectivity index (χ0) is 11.5. The van der Waals surface area contributed by atoms with Gasteiger partial charge in [-0.15, -0.1) is 11.3 Å². The van der Waals surface area contributed by atoms with E-state index in [2.05, 4.69) is 10.3 Å². The maximum atomic E-state index is 12.9. The van der Waals surface area contributed by atoms with Crippen LogP contribution < -0.4 is 5.32 Å². The van der Waals surface area contributed by atoms with Gasteiger partial charge in [-0.05, 0) is 18.2 Å². The largest absolute Gasteiger partial charge is 0.395 e. The summed E-state index contributed by atoms with van der Waals surface area (Å²) in [4.78, 5) is 15.6. The Bertz CT molecular complexity index is 527. The number of nitrogens with one attached hydrogen (secondary N) is 1. The molecule has 16 heavy (non-hydrogen) atoms. The summed E-state index contributed by atoms with van der Waals surface area (Å²) in [5, 5.41) is 11.3. The quantitative estimate of drug-likeness (QED) is 0.846. The molecule has 84 valence electrons. The number of aliphatic hydroxyl groups is 1. The summed E-state index contributed by atoms with van der Waals surface area (Å²) < 4.78 is 13.5. The second kappa shape index (κ2) is 4.54. The van der Waals surface area contributed by atoms with E-state index in [1.165, 1.54) is 18.2 Å². The van der Waals surface area contributed by atoms with E-state index >= 15 is 0 Å². The molecular weight excluding hydrogens is 231 g/mol. The molecule has 0 unspecified atom stereocenters. The van der Waals surface area contributed by atoms with Gasteiger partial charge in [-0.25, -0.2) is 9.37 Å². The van der Waals surface area contributed by atoms with Gasteiger partial charge in [0.25, 0.3) is 5.91 Å². The van der Waals surface area contributed by atoms with Gasteiger partial charge in [0, 0.05) is 6.54 Å². The van der Waals surface area contributed by atoms with Crippen LogP contribution in [0.3, 0.4) is 0 Å². The molecule has 2 aromatic rings. The average molecular weight is 240 g/mol. The van der Waals surface area contributed by atoms with Crippen molar-refractivity contribution in [1.82, 2.24) is 10.3 Å². The molecule has 1 heterocycles. The second-order valence-electron chi connectivity index (χ2n) is 3.11. The van der Waals surface area contributed by atoms with E-state index in [4.69, 9.17) is 5.11 Å². The van der Waals surface area contributed by atoms with Crippen LogP contribution in [-0.4, -0.2) is 29.1 Å². The molecule has 2 N–H and O–H groups in total. The third kappa shape index (κ3) is 2.17. The third-order valence-electron chi connectivity index (χ3n) is 1.94. The first kappa shape index (κ1) is 11.0. The van der Waals surface area contributed by atoms with Gasteiger partial charge in [-0.2, -0.15) is 0 Å². The van der Waals surface area contributed by atoms with E-state index in [1.807, 2.05) is 0 Å². The first-order valence-corrected chi connectivity index (χ1v) is 5.47. The van der Waals surface area contributed by atoms with Crippen molar-refractivity contribution < 1.29 is 14.3 Å². The second-order valence-corrected chi connectivity index (χ2v) is 4.14. The zero-order valence-electron chi connectivity index (χ0n) is 8.24. The molecule has 0 saturated carbocycles.